The van der Waals surface area contributed by atoms with Gasteiger partial charge in [-0.2, -0.15) is 4.98 Å². The fourth-order valence-corrected chi connectivity index (χ4v) is 1.59. The Morgan fingerprint density at radius 1 is 1.24 bits per heavy atom. The molecule has 0 bridgehead atoms. The lowest BCUT2D eigenvalue weighted by atomic mass is 9.93. The Morgan fingerprint density at radius 3 is 2.24 bits per heavy atom. The van der Waals surface area contributed by atoms with Crippen LogP contribution in [-0.4, -0.2) is 17.3 Å². The number of nitrogens with two attached hydrogens (primary N) is 1. The number of ether oxygens (including phenoxy) is 1. The summed E-state index contributed by atoms with van der Waals surface area (Å²) < 4.78 is 10.7. The number of nitrogens with zero attached hydrogens (tertiary/aromatic N) is 2. The molecule has 0 aromatic carbocycles. The first-order valence-electron chi connectivity index (χ1n) is 6.14. The Labute approximate surface area is 103 Å². The highest BCUT2D eigenvalue weighted by atomic mass is 16.5. The SMILES string of the molecule is CCC(N)(CC)c1noc(C(C)(CC)OC)n1. The average Bonchev–Trinajstić information content (AvgIpc) is 2.87. The molecule has 1 atom stereocenters. The summed E-state index contributed by atoms with van der Waals surface area (Å²) in [6.45, 7) is 7.99. The predicted molar refractivity (Wildman–Crippen MR) is 65.4 cm³/mol. The number of rotatable bonds is 6. The van der Waals surface area contributed by atoms with Crippen molar-refractivity contribution in [2.24, 2.45) is 5.73 Å². The van der Waals surface area contributed by atoms with Gasteiger partial charge in [0.2, 0.25) is 0 Å². The minimum absolute atomic E-state index is 0.495. The van der Waals surface area contributed by atoms with Gasteiger partial charge in [0.15, 0.2) is 5.82 Å². The van der Waals surface area contributed by atoms with Crippen molar-refractivity contribution in [2.45, 2.75) is 58.1 Å². The maximum absolute atomic E-state index is 6.23. The lowest BCUT2D eigenvalue weighted by molar-refractivity contribution is -0.0272. The standard InChI is InChI=1S/C12H23N3O2/c1-6-11(4,16-5)10-14-9(15-17-10)12(13,7-2)8-3/h6-8,13H2,1-5H3. The highest BCUT2D eigenvalue weighted by Crippen LogP contribution is 2.29. The molecule has 2 N–H and O–H groups in total. The molecule has 5 heteroatoms. The summed E-state index contributed by atoms with van der Waals surface area (Å²) in [6.07, 6.45) is 2.32. The van der Waals surface area contributed by atoms with E-state index in [9.17, 15) is 0 Å². The molecule has 0 aliphatic heterocycles. The van der Waals surface area contributed by atoms with Gasteiger partial charge in [0.05, 0.1) is 5.54 Å². The monoisotopic (exact) mass is 241 g/mol. The molecule has 0 spiro atoms. The van der Waals surface area contributed by atoms with Crippen molar-refractivity contribution in [1.29, 1.82) is 0 Å². The zero-order valence-corrected chi connectivity index (χ0v) is 11.4. The highest BCUT2D eigenvalue weighted by molar-refractivity contribution is 5.06. The van der Waals surface area contributed by atoms with Crippen molar-refractivity contribution in [2.75, 3.05) is 7.11 Å². The van der Waals surface area contributed by atoms with Crippen LogP contribution in [0.15, 0.2) is 4.52 Å². The van der Waals surface area contributed by atoms with E-state index in [1.165, 1.54) is 0 Å². The van der Waals surface area contributed by atoms with Crippen LogP contribution >= 0.6 is 0 Å². The first kappa shape index (κ1) is 14.1. The van der Waals surface area contributed by atoms with E-state index in [0.717, 1.165) is 19.3 Å². The number of aromatic nitrogens is 2. The van der Waals surface area contributed by atoms with Gasteiger partial charge in [-0.1, -0.05) is 25.9 Å². The third-order valence-electron chi connectivity index (χ3n) is 3.71. The second-order valence-electron chi connectivity index (χ2n) is 4.57. The highest BCUT2D eigenvalue weighted by Gasteiger charge is 2.35. The Balaban J connectivity index is 3.07. The Morgan fingerprint density at radius 2 is 1.82 bits per heavy atom. The molecule has 98 valence electrons. The van der Waals surface area contributed by atoms with Crippen molar-refractivity contribution in [3.63, 3.8) is 0 Å². The predicted octanol–water partition coefficient (Wildman–Crippen LogP) is 2.32. The van der Waals surface area contributed by atoms with Crippen LogP contribution in [0.1, 0.15) is 58.7 Å². The first-order valence-corrected chi connectivity index (χ1v) is 6.14. The van der Waals surface area contributed by atoms with E-state index in [1.807, 2.05) is 27.7 Å². The van der Waals surface area contributed by atoms with Crippen molar-refractivity contribution < 1.29 is 9.26 Å². The van der Waals surface area contributed by atoms with E-state index in [2.05, 4.69) is 10.1 Å². The molecule has 0 fully saturated rings. The van der Waals surface area contributed by atoms with Gasteiger partial charge in [0.25, 0.3) is 5.89 Å². The molecule has 0 radical (unpaired) electrons. The lowest BCUT2D eigenvalue weighted by Crippen LogP contribution is -2.36. The third-order valence-corrected chi connectivity index (χ3v) is 3.71. The molecule has 1 heterocycles. The van der Waals surface area contributed by atoms with E-state index < -0.39 is 11.1 Å². The van der Waals surface area contributed by atoms with Gasteiger partial charge in [-0.15, -0.1) is 0 Å². The quantitative estimate of drug-likeness (QED) is 0.827. The van der Waals surface area contributed by atoms with E-state index >= 15 is 0 Å². The van der Waals surface area contributed by atoms with E-state index in [0.29, 0.717) is 11.7 Å². The summed E-state index contributed by atoms with van der Waals surface area (Å²) in [5.41, 5.74) is 5.19. The molecule has 1 unspecified atom stereocenters. The van der Waals surface area contributed by atoms with Crippen LogP contribution < -0.4 is 5.73 Å². The van der Waals surface area contributed by atoms with Gasteiger partial charge in [0, 0.05) is 7.11 Å². The zero-order chi connectivity index (χ0) is 13.1. The normalized spacial score (nSPS) is 15.9. The van der Waals surface area contributed by atoms with Gasteiger partial charge in [0.1, 0.15) is 5.60 Å². The molecular formula is C12H23N3O2. The van der Waals surface area contributed by atoms with E-state index in [-0.39, 0.29) is 0 Å². The minimum atomic E-state index is -0.534. The summed E-state index contributed by atoms with van der Waals surface area (Å²) in [6, 6.07) is 0. The van der Waals surface area contributed by atoms with Crippen LogP contribution in [0.4, 0.5) is 0 Å². The lowest BCUT2D eigenvalue weighted by Gasteiger charge is -2.23. The van der Waals surface area contributed by atoms with Gasteiger partial charge < -0.3 is 15.0 Å². The van der Waals surface area contributed by atoms with Gasteiger partial charge in [-0.25, -0.2) is 0 Å². The van der Waals surface area contributed by atoms with Crippen LogP contribution in [0.2, 0.25) is 0 Å². The molecule has 0 aliphatic carbocycles. The Kier molecular flexibility index (Phi) is 4.27. The number of hydrogen-bond donors (Lipinski definition) is 1. The van der Waals surface area contributed by atoms with Crippen LogP contribution in [0.3, 0.4) is 0 Å². The molecule has 0 saturated carbocycles. The first-order chi connectivity index (χ1) is 7.95. The molecule has 1 aromatic heterocycles. The van der Waals surface area contributed by atoms with Crippen LogP contribution in [0.25, 0.3) is 0 Å². The second-order valence-corrected chi connectivity index (χ2v) is 4.57. The fourth-order valence-electron chi connectivity index (χ4n) is 1.59. The Hall–Kier alpha value is -0.940. The zero-order valence-electron chi connectivity index (χ0n) is 11.4. The Bertz CT molecular complexity index is 322. The largest absolute Gasteiger partial charge is 0.369 e. The number of methoxy groups -OCH3 is 1. The van der Waals surface area contributed by atoms with E-state index in [4.69, 9.17) is 15.0 Å². The summed E-state index contributed by atoms with van der Waals surface area (Å²) in [5, 5.41) is 4.00. The number of hydrogen-bond acceptors (Lipinski definition) is 5. The maximum Gasteiger partial charge on any atom is 0.258 e. The van der Waals surface area contributed by atoms with Crippen molar-refractivity contribution >= 4 is 0 Å². The summed E-state index contributed by atoms with van der Waals surface area (Å²) in [4.78, 5) is 4.41. The van der Waals surface area contributed by atoms with Gasteiger partial charge in [-0.3, -0.25) is 0 Å². The van der Waals surface area contributed by atoms with Crippen molar-refractivity contribution in [3.05, 3.63) is 11.7 Å². The van der Waals surface area contributed by atoms with Crippen LogP contribution in [0, 0.1) is 0 Å². The van der Waals surface area contributed by atoms with Crippen molar-refractivity contribution in [3.8, 4) is 0 Å². The molecule has 17 heavy (non-hydrogen) atoms. The summed E-state index contributed by atoms with van der Waals surface area (Å²) in [7, 11) is 1.64. The maximum atomic E-state index is 6.23. The third kappa shape index (κ3) is 2.50. The fraction of sp³-hybridized carbons (Fsp3) is 0.833. The molecule has 0 aliphatic rings. The van der Waals surface area contributed by atoms with E-state index in [1.54, 1.807) is 7.11 Å². The van der Waals surface area contributed by atoms with Crippen molar-refractivity contribution in [1.82, 2.24) is 10.1 Å². The van der Waals surface area contributed by atoms with Gasteiger partial charge in [-0.05, 0) is 26.2 Å². The smallest absolute Gasteiger partial charge is 0.258 e. The summed E-state index contributed by atoms with van der Waals surface area (Å²) >= 11 is 0. The van der Waals surface area contributed by atoms with Crippen LogP contribution in [-0.2, 0) is 15.9 Å². The second kappa shape index (κ2) is 5.14. The molecule has 1 aromatic rings. The minimum Gasteiger partial charge on any atom is -0.369 e. The van der Waals surface area contributed by atoms with Crippen LogP contribution in [0.5, 0.6) is 0 Å². The molecule has 1 rings (SSSR count). The summed E-state index contributed by atoms with van der Waals surface area (Å²) in [5.74, 6) is 1.06. The van der Waals surface area contributed by atoms with Gasteiger partial charge >= 0.3 is 0 Å². The average molecular weight is 241 g/mol. The molecule has 0 amide bonds. The molecule has 0 saturated heterocycles. The molecular weight excluding hydrogens is 218 g/mol. The molecule has 5 nitrogen and oxygen atoms in total. The topological polar surface area (TPSA) is 74.2 Å².